The van der Waals surface area contributed by atoms with Gasteiger partial charge < -0.3 is 13.9 Å². The summed E-state index contributed by atoms with van der Waals surface area (Å²) in [5.74, 6) is 0. The van der Waals surface area contributed by atoms with Crippen molar-refractivity contribution in [2.75, 3.05) is 4.90 Å². The summed E-state index contributed by atoms with van der Waals surface area (Å²) in [6.45, 7) is 0. The first kappa shape index (κ1) is 40.6. The lowest BCUT2D eigenvalue weighted by Gasteiger charge is -2.26. The lowest BCUT2D eigenvalue weighted by Crippen LogP contribution is -2.10. The van der Waals surface area contributed by atoms with Gasteiger partial charge in [-0.1, -0.05) is 194 Å². The van der Waals surface area contributed by atoms with E-state index in [4.69, 9.17) is 4.42 Å². The van der Waals surface area contributed by atoms with E-state index in [0.29, 0.717) is 0 Å². The van der Waals surface area contributed by atoms with Gasteiger partial charge in [0.1, 0.15) is 5.58 Å². The van der Waals surface area contributed by atoms with Crippen LogP contribution in [0.15, 0.2) is 271 Å². The second-order valence-corrected chi connectivity index (χ2v) is 18.5. The molecular weight excluding hydrogens is 861 g/mol. The van der Waals surface area contributed by atoms with Gasteiger partial charge in [0.25, 0.3) is 0 Å². The molecule has 0 atom stereocenters. The summed E-state index contributed by atoms with van der Waals surface area (Å²) in [7, 11) is 0. The predicted molar refractivity (Wildman–Crippen MR) is 299 cm³/mol. The number of aromatic nitrogens is 1. The lowest BCUT2D eigenvalue weighted by molar-refractivity contribution is 0.670. The fourth-order valence-electron chi connectivity index (χ4n) is 10.9. The van der Waals surface area contributed by atoms with Crippen molar-refractivity contribution in [2.24, 2.45) is 0 Å². The third kappa shape index (κ3) is 6.89. The van der Waals surface area contributed by atoms with Gasteiger partial charge in [0.2, 0.25) is 0 Å². The maximum atomic E-state index is 7.20. The summed E-state index contributed by atoms with van der Waals surface area (Å²) in [5, 5.41) is 9.54. The van der Waals surface area contributed by atoms with E-state index in [1.165, 1.54) is 60.0 Å². The summed E-state index contributed by atoms with van der Waals surface area (Å²) < 4.78 is 9.56. The van der Waals surface area contributed by atoms with Crippen molar-refractivity contribution in [1.29, 1.82) is 0 Å². The fraction of sp³-hybridized carbons (Fsp3) is 0. The van der Waals surface area contributed by atoms with Gasteiger partial charge in [-0.15, -0.1) is 0 Å². The summed E-state index contributed by atoms with van der Waals surface area (Å²) >= 11 is 0. The van der Waals surface area contributed by atoms with Crippen LogP contribution in [0.5, 0.6) is 0 Å². The number of rotatable bonds is 8. The summed E-state index contributed by atoms with van der Waals surface area (Å²) in [4.78, 5) is 2.34. The zero-order valence-electron chi connectivity index (χ0n) is 38.7. The van der Waals surface area contributed by atoms with Crippen molar-refractivity contribution in [3.05, 3.63) is 267 Å². The minimum Gasteiger partial charge on any atom is -0.453 e. The molecule has 0 aliphatic rings. The normalized spacial score (nSPS) is 11.7. The van der Waals surface area contributed by atoms with Gasteiger partial charge in [-0.3, -0.25) is 0 Å². The van der Waals surface area contributed by atoms with Crippen LogP contribution in [-0.4, -0.2) is 4.57 Å². The Labute approximate surface area is 411 Å². The highest BCUT2D eigenvalue weighted by molar-refractivity contribution is 6.24. The number of hydrogen-bond acceptors (Lipinski definition) is 2. The number of para-hydroxylation sites is 3. The van der Waals surface area contributed by atoms with Crippen molar-refractivity contribution in [1.82, 2.24) is 4.57 Å². The molecule has 0 saturated heterocycles. The number of benzene rings is 12. The van der Waals surface area contributed by atoms with Gasteiger partial charge in [0.15, 0.2) is 5.58 Å². The zero-order chi connectivity index (χ0) is 46.8. The predicted octanol–water partition coefficient (Wildman–Crippen LogP) is 19.1. The van der Waals surface area contributed by atoms with Crippen molar-refractivity contribution < 1.29 is 4.42 Å². The molecule has 0 radical (unpaired) electrons. The minimum atomic E-state index is 0.845. The molecule has 0 saturated carbocycles. The Bertz CT molecular complexity index is 4300. The van der Waals surface area contributed by atoms with Gasteiger partial charge in [-0.05, 0) is 133 Å². The summed E-state index contributed by atoms with van der Waals surface area (Å²) in [5.41, 5.74) is 17.6. The molecular formula is C68H44N2O. The quantitative estimate of drug-likeness (QED) is 0.151. The fourth-order valence-corrected chi connectivity index (χ4v) is 10.9. The van der Waals surface area contributed by atoms with Crippen LogP contribution in [-0.2, 0) is 0 Å². The Balaban J connectivity index is 0.862. The first-order valence-corrected chi connectivity index (χ1v) is 24.3. The first-order valence-electron chi connectivity index (χ1n) is 24.3. The van der Waals surface area contributed by atoms with E-state index in [-0.39, 0.29) is 0 Å². The molecule has 332 valence electrons. The Kier molecular flexibility index (Phi) is 9.53. The van der Waals surface area contributed by atoms with Crippen molar-refractivity contribution in [3.63, 3.8) is 0 Å². The van der Waals surface area contributed by atoms with Crippen LogP contribution in [0.2, 0.25) is 0 Å². The second-order valence-electron chi connectivity index (χ2n) is 18.5. The summed E-state index contributed by atoms with van der Waals surface area (Å²) in [6.07, 6.45) is 0. The standard InChI is InChI=1S/C68H44N2O/c1-3-15-50(16-4-1)61-44-54-18-9-10-21-58(54)66-60-23-13-25-65(67(60)71-68(61)66)69(57-39-34-49(35-40-57)52-31-30-45-14-7-8-17-51(45)42-52)56-37-32-47(33-38-56)46-26-28-48(29-27-46)53-36-41-64-62(43-53)59-22-11-12-24-63(59)70(64)55-19-5-2-6-20-55/h1-44H. The van der Waals surface area contributed by atoms with Crippen molar-refractivity contribution in [2.45, 2.75) is 0 Å². The van der Waals surface area contributed by atoms with E-state index < -0.39 is 0 Å². The van der Waals surface area contributed by atoms with E-state index in [1.54, 1.807) is 0 Å². The molecule has 0 aliphatic heterocycles. The number of nitrogens with zero attached hydrogens (tertiary/aromatic N) is 2. The first-order chi connectivity index (χ1) is 35.2. The van der Waals surface area contributed by atoms with Crippen LogP contribution in [0.4, 0.5) is 17.1 Å². The average Bonchev–Trinajstić information content (AvgIpc) is 4.01. The molecule has 2 heterocycles. The third-order valence-electron chi connectivity index (χ3n) is 14.4. The molecule has 71 heavy (non-hydrogen) atoms. The van der Waals surface area contributed by atoms with Gasteiger partial charge in [-0.2, -0.15) is 0 Å². The minimum absolute atomic E-state index is 0.845. The Morgan fingerprint density at radius 3 is 1.54 bits per heavy atom. The second kappa shape index (κ2) is 16.7. The molecule has 0 bridgehead atoms. The van der Waals surface area contributed by atoms with E-state index in [2.05, 4.69) is 276 Å². The third-order valence-corrected chi connectivity index (χ3v) is 14.4. The lowest BCUT2D eigenvalue weighted by atomic mass is 9.96. The molecule has 3 heteroatoms. The van der Waals surface area contributed by atoms with Gasteiger partial charge in [0, 0.05) is 44.2 Å². The Hall–Kier alpha value is -9.44. The van der Waals surface area contributed by atoms with E-state index in [0.717, 1.165) is 72.5 Å². The largest absolute Gasteiger partial charge is 0.453 e. The molecule has 0 unspecified atom stereocenters. The summed E-state index contributed by atoms with van der Waals surface area (Å²) in [6, 6.07) is 96.4. The van der Waals surface area contributed by atoms with Crippen LogP contribution in [0.1, 0.15) is 0 Å². The average molecular weight is 905 g/mol. The molecule has 0 spiro atoms. The van der Waals surface area contributed by atoms with Crippen LogP contribution in [0, 0.1) is 0 Å². The molecule has 0 aliphatic carbocycles. The number of anilines is 3. The van der Waals surface area contributed by atoms with Crippen molar-refractivity contribution in [3.8, 4) is 50.2 Å². The van der Waals surface area contributed by atoms with E-state index >= 15 is 0 Å². The maximum absolute atomic E-state index is 7.20. The Morgan fingerprint density at radius 1 is 0.296 bits per heavy atom. The number of hydrogen-bond donors (Lipinski definition) is 0. The highest BCUT2D eigenvalue weighted by Gasteiger charge is 2.23. The molecule has 12 aromatic carbocycles. The van der Waals surface area contributed by atoms with Crippen molar-refractivity contribution >= 4 is 82.4 Å². The Morgan fingerprint density at radius 2 is 0.817 bits per heavy atom. The monoisotopic (exact) mass is 904 g/mol. The van der Waals surface area contributed by atoms with Gasteiger partial charge in [0.05, 0.1) is 16.7 Å². The maximum Gasteiger partial charge on any atom is 0.159 e. The topological polar surface area (TPSA) is 21.3 Å². The molecule has 2 aromatic heterocycles. The zero-order valence-corrected chi connectivity index (χ0v) is 38.7. The molecule has 0 N–H and O–H groups in total. The van der Waals surface area contributed by atoms with E-state index in [1.807, 2.05) is 0 Å². The molecule has 0 amide bonds. The molecule has 0 fully saturated rings. The van der Waals surface area contributed by atoms with Gasteiger partial charge in [-0.25, -0.2) is 0 Å². The van der Waals surface area contributed by atoms with Gasteiger partial charge >= 0.3 is 0 Å². The highest BCUT2D eigenvalue weighted by atomic mass is 16.3. The van der Waals surface area contributed by atoms with Crippen LogP contribution in [0.3, 0.4) is 0 Å². The molecule has 14 aromatic rings. The molecule has 14 rings (SSSR count). The van der Waals surface area contributed by atoms with E-state index in [9.17, 15) is 0 Å². The van der Waals surface area contributed by atoms with Crippen LogP contribution in [0.25, 0.3) is 115 Å². The number of fused-ring (bicyclic) bond motifs is 9. The molecule has 3 nitrogen and oxygen atoms in total. The smallest absolute Gasteiger partial charge is 0.159 e. The SMILES string of the molecule is c1ccc(-c2cc3ccccc3c3c2oc2c(N(c4ccc(-c5ccc(-c6ccc7c(c6)c6ccccc6n7-c6ccccc6)cc5)cc4)c4ccc(-c5ccc6ccccc6c5)cc4)cccc23)cc1. The number of furan rings is 1. The van der Waals surface area contributed by atoms with Crippen LogP contribution < -0.4 is 4.90 Å². The van der Waals surface area contributed by atoms with Crippen LogP contribution >= 0.6 is 0 Å². The highest BCUT2D eigenvalue weighted by Crippen LogP contribution is 2.47.